The molecule has 0 saturated heterocycles. The molecule has 0 bridgehead atoms. The third-order valence-electron chi connectivity index (χ3n) is 4.48. The predicted octanol–water partition coefficient (Wildman–Crippen LogP) is 5.05. The van der Waals surface area contributed by atoms with Gasteiger partial charge in [0.2, 0.25) is 5.91 Å². The Morgan fingerprint density at radius 1 is 0.906 bits per heavy atom. The van der Waals surface area contributed by atoms with E-state index in [0.29, 0.717) is 45.8 Å². The first-order valence-corrected chi connectivity index (χ1v) is 10.4. The number of hydrogen-bond donors (Lipinski definition) is 3. The summed E-state index contributed by atoms with van der Waals surface area (Å²) in [6.07, 6.45) is 0. The second-order valence-corrected chi connectivity index (χ2v) is 7.09. The summed E-state index contributed by atoms with van der Waals surface area (Å²) in [7, 11) is 1.54. The minimum Gasteiger partial charge on any atom is -0.495 e. The van der Waals surface area contributed by atoms with E-state index in [9.17, 15) is 9.59 Å². The number of para-hydroxylation sites is 3. The normalized spacial score (nSPS) is 10.2. The lowest BCUT2D eigenvalue weighted by Gasteiger charge is -2.14. The van der Waals surface area contributed by atoms with Crippen LogP contribution in [0.5, 0.6) is 11.5 Å². The van der Waals surface area contributed by atoms with Crippen LogP contribution in [0.15, 0.2) is 66.7 Å². The van der Waals surface area contributed by atoms with Crippen molar-refractivity contribution in [3.8, 4) is 11.5 Å². The summed E-state index contributed by atoms with van der Waals surface area (Å²) in [6.45, 7) is 2.35. The molecule has 3 N–H and O–H groups in total. The van der Waals surface area contributed by atoms with Gasteiger partial charge in [0.05, 0.1) is 36.7 Å². The van der Waals surface area contributed by atoms with E-state index in [-0.39, 0.29) is 18.4 Å². The molecule has 0 spiro atoms. The van der Waals surface area contributed by atoms with Crippen LogP contribution < -0.4 is 25.4 Å². The third-order valence-corrected chi connectivity index (χ3v) is 4.78. The van der Waals surface area contributed by atoms with E-state index in [1.54, 1.807) is 61.7 Å². The zero-order valence-electron chi connectivity index (χ0n) is 17.8. The first-order chi connectivity index (χ1) is 15.5. The van der Waals surface area contributed by atoms with Crippen LogP contribution in [0.25, 0.3) is 0 Å². The number of amides is 2. The minimum absolute atomic E-state index is 0.0243. The first kappa shape index (κ1) is 23.0. The molecule has 0 aliphatic rings. The van der Waals surface area contributed by atoms with Gasteiger partial charge in [0, 0.05) is 11.3 Å². The molecular formula is C24H24ClN3O4. The van der Waals surface area contributed by atoms with Gasteiger partial charge in [-0.1, -0.05) is 29.8 Å². The number of nitrogens with one attached hydrogen (secondary N) is 3. The maximum Gasteiger partial charge on any atom is 0.255 e. The zero-order valence-corrected chi connectivity index (χ0v) is 18.5. The minimum atomic E-state index is -0.279. The van der Waals surface area contributed by atoms with Crippen molar-refractivity contribution < 1.29 is 19.1 Å². The fraction of sp³-hybridized carbons (Fsp3) is 0.167. The number of halogens is 1. The predicted molar refractivity (Wildman–Crippen MR) is 127 cm³/mol. The van der Waals surface area contributed by atoms with Gasteiger partial charge in [-0.3, -0.25) is 9.59 Å². The second kappa shape index (κ2) is 11.1. The highest BCUT2D eigenvalue weighted by atomic mass is 35.5. The largest absolute Gasteiger partial charge is 0.495 e. The molecule has 0 heterocycles. The highest BCUT2D eigenvalue weighted by Gasteiger charge is 2.11. The van der Waals surface area contributed by atoms with Gasteiger partial charge in [-0.05, 0) is 55.5 Å². The maximum absolute atomic E-state index is 12.5. The van der Waals surface area contributed by atoms with Crippen molar-refractivity contribution >= 4 is 40.5 Å². The van der Waals surface area contributed by atoms with Crippen LogP contribution in [-0.2, 0) is 4.79 Å². The van der Waals surface area contributed by atoms with E-state index < -0.39 is 0 Å². The molecule has 0 radical (unpaired) electrons. The molecule has 0 fully saturated rings. The molecule has 0 aliphatic heterocycles. The van der Waals surface area contributed by atoms with Crippen LogP contribution in [0.2, 0.25) is 5.02 Å². The van der Waals surface area contributed by atoms with Crippen LogP contribution in [0.3, 0.4) is 0 Å². The van der Waals surface area contributed by atoms with Gasteiger partial charge in [0.15, 0.2) is 5.75 Å². The van der Waals surface area contributed by atoms with Crippen LogP contribution in [0.4, 0.5) is 17.1 Å². The summed E-state index contributed by atoms with van der Waals surface area (Å²) >= 11 is 6.16. The molecule has 32 heavy (non-hydrogen) atoms. The molecule has 0 aromatic heterocycles. The fourth-order valence-corrected chi connectivity index (χ4v) is 3.20. The van der Waals surface area contributed by atoms with Gasteiger partial charge in [-0.25, -0.2) is 0 Å². The van der Waals surface area contributed by atoms with Crippen molar-refractivity contribution in [1.29, 1.82) is 0 Å². The van der Waals surface area contributed by atoms with Gasteiger partial charge in [-0.15, -0.1) is 0 Å². The van der Waals surface area contributed by atoms with Crippen molar-refractivity contribution in [3.05, 3.63) is 77.3 Å². The summed E-state index contributed by atoms with van der Waals surface area (Å²) in [6, 6.07) is 19.1. The van der Waals surface area contributed by atoms with E-state index in [2.05, 4.69) is 16.0 Å². The molecule has 2 amide bonds. The Morgan fingerprint density at radius 3 is 2.34 bits per heavy atom. The molecule has 0 aliphatic carbocycles. The molecule has 3 aromatic carbocycles. The van der Waals surface area contributed by atoms with E-state index in [0.717, 1.165) is 0 Å². The van der Waals surface area contributed by atoms with Gasteiger partial charge in [-0.2, -0.15) is 0 Å². The summed E-state index contributed by atoms with van der Waals surface area (Å²) < 4.78 is 10.8. The number of benzene rings is 3. The highest BCUT2D eigenvalue weighted by Crippen LogP contribution is 2.32. The number of anilines is 3. The number of ether oxygens (including phenoxy) is 2. The monoisotopic (exact) mass is 453 g/mol. The lowest BCUT2D eigenvalue weighted by Crippen LogP contribution is -2.22. The van der Waals surface area contributed by atoms with E-state index in [1.807, 2.05) is 19.1 Å². The van der Waals surface area contributed by atoms with Crippen molar-refractivity contribution in [3.63, 3.8) is 0 Å². The van der Waals surface area contributed by atoms with E-state index in [4.69, 9.17) is 21.1 Å². The topological polar surface area (TPSA) is 88.7 Å². The lowest BCUT2D eigenvalue weighted by atomic mass is 10.2. The smallest absolute Gasteiger partial charge is 0.255 e. The third kappa shape index (κ3) is 5.92. The molecule has 3 rings (SSSR count). The molecule has 3 aromatic rings. The van der Waals surface area contributed by atoms with Crippen LogP contribution in [0.1, 0.15) is 17.3 Å². The summed E-state index contributed by atoms with van der Waals surface area (Å²) in [5, 5.41) is 9.10. The van der Waals surface area contributed by atoms with Crippen LogP contribution >= 0.6 is 11.6 Å². The van der Waals surface area contributed by atoms with Gasteiger partial charge in [0.1, 0.15) is 5.75 Å². The van der Waals surface area contributed by atoms with Crippen molar-refractivity contribution in [2.75, 3.05) is 36.2 Å². The van der Waals surface area contributed by atoms with Crippen molar-refractivity contribution in [2.24, 2.45) is 0 Å². The highest BCUT2D eigenvalue weighted by molar-refractivity contribution is 6.32. The number of methoxy groups -OCH3 is 1. The number of hydrogen-bond acceptors (Lipinski definition) is 5. The molecule has 166 valence electrons. The van der Waals surface area contributed by atoms with Crippen molar-refractivity contribution in [1.82, 2.24) is 0 Å². The molecular weight excluding hydrogens is 430 g/mol. The number of rotatable bonds is 9. The van der Waals surface area contributed by atoms with Gasteiger partial charge >= 0.3 is 0 Å². The summed E-state index contributed by atoms with van der Waals surface area (Å²) in [5.74, 6) is 0.552. The quantitative estimate of drug-likeness (QED) is 0.422. The standard InChI is InChI=1S/C24H24ClN3O4/c1-3-32-23-18(25)7-6-9-20(23)26-15-22(29)27-17-13-11-16(12-14-17)24(30)28-19-8-4-5-10-21(19)31-2/h4-14,26H,3,15H2,1-2H3,(H,27,29)(H,28,30). The van der Waals surface area contributed by atoms with Gasteiger partial charge in [0.25, 0.3) is 5.91 Å². The summed E-state index contributed by atoms with van der Waals surface area (Å²) in [4.78, 5) is 24.8. The molecule has 0 atom stereocenters. The fourth-order valence-electron chi connectivity index (χ4n) is 2.97. The average molecular weight is 454 g/mol. The Balaban J connectivity index is 1.57. The van der Waals surface area contributed by atoms with Gasteiger partial charge < -0.3 is 25.4 Å². The SMILES string of the molecule is CCOc1c(Cl)cccc1NCC(=O)Nc1ccc(C(=O)Nc2ccccc2OC)cc1. The molecule has 0 saturated carbocycles. The number of carbonyl (C=O) groups is 2. The van der Waals surface area contributed by atoms with E-state index >= 15 is 0 Å². The van der Waals surface area contributed by atoms with E-state index in [1.165, 1.54) is 0 Å². The Kier molecular flexibility index (Phi) is 7.94. The number of carbonyl (C=O) groups excluding carboxylic acids is 2. The van der Waals surface area contributed by atoms with Crippen LogP contribution in [-0.4, -0.2) is 32.1 Å². The average Bonchev–Trinajstić information content (AvgIpc) is 2.80. The molecule has 7 nitrogen and oxygen atoms in total. The zero-order chi connectivity index (χ0) is 22.9. The first-order valence-electron chi connectivity index (χ1n) is 10.0. The maximum atomic E-state index is 12.5. The Bertz CT molecular complexity index is 1090. The molecule has 8 heteroatoms. The Morgan fingerprint density at radius 2 is 1.62 bits per heavy atom. The Labute approximate surface area is 191 Å². The second-order valence-electron chi connectivity index (χ2n) is 6.68. The van der Waals surface area contributed by atoms with Crippen molar-refractivity contribution in [2.45, 2.75) is 6.92 Å². The van der Waals surface area contributed by atoms with Crippen LogP contribution in [0, 0.1) is 0 Å². The summed E-state index contributed by atoms with van der Waals surface area (Å²) in [5.41, 5.74) is 2.24. The lowest BCUT2D eigenvalue weighted by molar-refractivity contribution is -0.114. The molecule has 0 unspecified atom stereocenters. The Hall–Kier alpha value is -3.71.